The molecule has 1 heterocycles. The molecule has 0 bridgehead atoms. The predicted molar refractivity (Wildman–Crippen MR) is 48.6 cm³/mol. The van der Waals surface area contributed by atoms with Crippen LogP contribution in [-0.4, -0.2) is 17.7 Å². The van der Waals surface area contributed by atoms with Gasteiger partial charge >= 0.3 is 0 Å². The van der Waals surface area contributed by atoms with Crippen molar-refractivity contribution in [3.63, 3.8) is 0 Å². The Morgan fingerprint density at radius 1 is 1.60 bits per heavy atom. The Kier molecular flexibility index (Phi) is 2.22. The van der Waals surface area contributed by atoms with Gasteiger partial charge in [-0.15, -0.1) is 0 Å². The van der Waals surface area contributed by atoms with Gasteiger partial charge in [0, 0.05) is 12.0 Å². The monoisotopic (exact) mass is 212 g/mol. The molecular weight excluding hydrogens is 203 g/mol. The number of ether oxygens (including phenoxy) is 2. The Labute approximate surface area is 85.2 Å². The van der Waals surface area contributed by atoms with E-state index in [0.717, 1.165) is 0 Å². The summed E-state index contributed by atoms with van der Waals surface area (Å²) in [7, 11) is 0. The number of halogens is 1. The highest BCUT2D eigenvalue weighted by Crippen LogP contribution is 2.41. The Morgan fingerprint density at radius 2 is 2.33 bits per heavy atom. The zero-order chi connectivity index (χ0) is 11.0. The van der Waals surface area contributed by atoms with Crippen molar-refractivity contribution in [3.8, 4) is 17.2 Å². The van der Waals surface area contributed by atoms with Crippen LogP contribution in [0.1, 0.15) is 12.5 Å². The Balaban J connectivity index is 2.49. The number of phenolic OH excluding ortho intramolecular Hbond substituents is 1. The largest absolute Gasteiger partial charge is 0.505 e. The first kappa shape index (κ1) is 9.76. The number of Topliss-reactive ketones (excluding diaryl/α,β-unsaturated/α-hetero) is 1. The molecule has 0 saturated carbocycles. The minimum Gasteiger partial charge on any atom is -0.505 e. The van der Waals surface area contributed by atoms with Crippen LogP contribution in [-0.2, 0) is 11.2 Å². The average molecular weight is 212 g/mol. The van der Waals surface area contributed by atoms with Crippen LogP contribution in [0.25, 0.3) is 0 Å². The van der Waals surface area contributed by atoms with Gasteiger partial charge in [0.1, 0.15) is 5.78 Å². The third-order valence-corrected chi connectivity index (χ3v) is 2.10. The van der Waals surface area contributed by atoms with Gasteiger partial charge in [0.15, 0.2) is 11.5 Å². The highest BCUT2D eigenvalue weighted by Gasteiger charge is 2.24. The van der Waals surface area contributed by atoms with Gasteiger partial charge < -0.3 is 14.6 Å². The first-order valence-corrected chi connectivity index (χ1v) is 4.39. The van der Waals surface area contributed by atoms with Crippen LogP contribution >= 0.6 is 0 Å². The topological polar surface area (TPSA) is 55.8 Å². The highest BCUT2D eigenvalue weighted by molar-refractivity contribution is 5.79. The third kappa shape index (κ3) is 1.60. The maximum Gasteiger partial charge on any atom is 0.231 e. The summed E-state index contributed by atoms with van der Waals surface area (Å²) in [5.41, 5.74) is 0.212. The molecule has 0 aromatic heterocycles. The lowest BCUT2D eigenvalue weighted by atomic mass is 10.1. The second-order valence-corrected chi connectivity index (χ2v) is 3.31. The molecule has 1 N–H and O–H groups in total. The lowest BCUT2D eigenvalue weighted by Crippen LogP contribution is -1.98. The maximum absolute atomic E-state index is 13.4. The van der Waals surface area contributed by atoms with E-state index in [2.05, 4.69) is 0 Å². The second-order valence-electron chi connectivity index (χ2n) is 3.31. The normalized spacial score (nSPS) is 12.9. The van der Waals surface area contributed by atoms with Crippen molar-refractivity contribution in [2.75, 3.05) is 6.79 Å². The van der Waals surface area contributed by atoms with Crippen LogP contribution in [0.4, 0.5) is 4.39 Å². The molecular formula is C10H9FO4. The van der Waals surface area contributed by atoms with Crippen molar-refractivity contribution in [2.45, 2.75) is 13.3 Å². The summed E-state index contributed by atoms with van der Waals surface area (Å²) >= 11 is 0. The van der Waals surface area contributed by atoms with Crippen molar-refractivity contribution in [1.82, 2.24) is 0 Å². The fourth-order valence-electron chi connectivity index (χ4n) is 1.45. The number of hydrogen-bond donors (Lipinski definition) is 1. The fraction of sp³-hybridized carbons (Fsp3) is 0.300. The van der Waals surface area contributed by atoms with E-state index in [1.807, 2.05) is 0 Å². The summed E-state index contributed by atoms with van der Waals surface area (Å²) < 4.78 is 23.2. The minimum absolute atomic E-state index is 0.0284. The molecule has 80 valence electrons. The number of fused-ring (bicyclic) bond motifs is 1. The molecule has 1 aliphatic heterocycles. The number of benzene rings is 1. The molecule has 0 fully saturated rings. The molecule has 0 saturated heterocycles. The summed E-state index contributed by atoms with van der Waals surface area (Å²) in [5.74, 6) is -1.46. The Bertz CT molecular complexity index is 428. The van der Waals surface area contributed by atoms with Gasteiger partial charge in [-0.25, -0.2) is 0 Å². The number of ketones is 1. The van der Waals surface area contributed by atoms with Gasteiger partial charge in [-0.1, -0.05) is 0 Å². The van der Waals surface area contributed by atoms with E-state index in [1.165, 1.54) is 13.0 Å². The molecule has 2 rings (SSSR count). The molecule has 15 heavy (non-hydrogen) atoms. The fourth-order valence-corrected chi connectivity index (χ4v) is 1.45. The quantitative estimate of drug-likeness (QED) is 0.804. The lowest BCUT2D eigenvalue weighted by molar-refractivity contribution is -0.116. The summed E-state index contributed by atoms with van der Waals surface area (Å²) in [5, 5.41) is 9.45. The predicted octanol–water partition coefficient (Wildman–Crippen LogP) is 1.39. The van der Waals surface area contributed by atoms with Crippen LogP contribution in [0.2, 0.25) is 0 Å². The molecule has 1 aromatic rings. The van der Waals surface area contributed by atoms with Crippen LogP contribution in [0.5, 0.6) is 17.2 Å². The number of carbonyl (C=O) groups is 1. The third-order valence-electron chi connectivity index (χ3n) is 2.10. The van der Waals surface area contributed by atoms with Gasteiger partial charge in [-0.05, 0) is 13.0 Å². The summed E-state index contributed by atoms with van der Waals surface area (Å²) in [6, 6.07) is 1.42. The summed E-state index contributed by atoms with van der Waals surface area (Å²) in [4.78, 5) is 10.9. The van der Waals surface area contributed by atoms with Crippen molar-refractivity contribution in [3.05, 3.63) is 17.4 Å². The van der Waals surface area contributed by atoms with Gasteiger partial charge in [0.05, 0.1) is 0 Å². The molecule has 0 amide bonds. The minimum atomic E-state index is -0.874. The van der Waals surface area contributed by atoms with Crippen LogP contribution < -0.4 is 9.47 Å². The summed E-state index contributed by atoms with van der Waals surface area (Å²) in [6.07, 6.45) is -0.0284. The summed E-state index contributed by atoms with van der Waals surface area (Å²) in [6.45, 7) is 1.29. The molecule has 5 heteroatoms. The smallest absolute Gasteiger partial charge is 0.231 e. The number of aromatic hydroxyl groups is 1. The van der Waals surface area contributed by atoms with E-state index >= 15 is 0 Å². The van der Waals surface area contributed by atoms with Crippen LogP contribution in [0, 0.1) is 5.82 Å². The Hall–Kier alpha value is -1.78. The lowest BCUT2D eigenvalue weighted by Gasteiger charge is -2.06. The van der Waals surface area contributed by atoms with Gasteiger partial charge in [0.2, 0.25) is 18.4 Å². The molecule has 1 aromatic carbocycles. The van der Waals surface area contributed by atoms with Crippen molar-refractivity contribution >= 4 is 5.78 Å². The van der Waals surface area contributed by atoms with Crippen molar-refractivity contribution in [1.29, 1.82) is 0 Å². The Morgan fingerprint density at radius 3 is 3.00 bits per heavy atom. The highest BCUT2D eigenvalue weighted by atomic mass is 19.1. The van der Waals surface area contributed by atoms with E-state index < -0.39 is 11.6 Å². The SMILES string of the molecule is CC(=O)Cc1cc2c(c(F)c1O)OCO2. The molecule has 0 radical (unpaired) electrons. The van der Waals surface area contributed by atoms with Crippen LogP contribution in [0.15, 0.2) is 6.07 Å². The van der Waals surface area contributed by atoms with E-state index in [9.17, 15) is 14.3 Å². The first-order chi connectivity index (χ1) is 7.09. The van der Waals surface area contributed by atoms with E-state index in [0.29, 0.717) is 0 Å². The molecule has 1 aliphatic rings. The number of rotatable bonds is 2. The zero-order valence-corrected chi connectivity index (χ0v) is 8.04. The van der Waals surface area contributed by atoms with E-state index in [-0.39, 0.29) is 36.1 Å². The number of hydrogen-bond acceptors (Lipinski definition) is 4. The molecule has 0 unspecified atom stereocenters. The zero-order valence-electron chi connectivity index (χ0n) is 8.04. The second kappa shape index (κ2) is 3.42. The maximum atomic E-state index is 13.4. The average Bonchev–Trinajstić information content (AvgIpc) is 2.61. The van der Waals surface area contributed by atoms with E-state index in [4.69, 9.17) is 9.47 Å². The van der Waals surface area contributed by atoms with E-state index in [1.54, 1.807) is 0 Å². The first-order valence-electron chi connectivity index (χ1n) is 4.39. The van der Waals surface area contributed by atoms with Crippen molar-refractivity contribution in [2.24, 2.45) is 0 Å². The molecule has 4 nitrogen and oxygen atoms in total. The molecule has 0 aliphatic carbocycles. The van der Waals surface area contributed by atoms with Crippen molar-refractivity contribution < 1.29 is 23.8 Å². The number of phenols is 1. The van der Waals surface area contributed by atoms with Gasteiger partial charge in [-0.2, -0.15) is 4.39 Å². The standard InChI is InChI=1S/C10H9FO4/c1-5(12)2-6-3-7-10(15-4-14-7)8(11)9(6)13/h3,13H,2,4H2,1H3. The van der Waals surface area contributed by atoms with Gasteiger partial charge in [-0.3, -0.25) is 4.79 Å². The van der Waals surface area contributed by atoms with Gasteiger partial charge in [0.25, 0.3) is 0 Å². The molecule has 0 spiro atoms. The van der Waals surface area contributed by atoms with Crippen LogP contribution in [0.3, 0.4) is 0 Å². The molecule has 0 atom stereocenters. The number of carbonyl (C=O) groups excluding carboxylic acids is 1.